The fraction of sp³-hybridized carbons (Fsp3) is 0.353. The number of fused-ring (bicyclic) bond motifs is 1. The van der Waals surface area contributed by atoms with Crippen LogP contribution in [-0.4, -0.2) is 58.9 Å². The molecular formula is C34H37NO8. The predicted octanol–water partition coefficient (Wildman–Crippen LogP) is 4.61. The van der Waals surface area contributed by atoms with E-state index in [1.807, 2.05) is 12.1 Å². The van der Waals surface area contributed by atoms with Crippen LogP contribution in [0.15, 0.2) is 60.7 Å². The van der Waals surface area contributed by atoms with Crippen LogP contribution in [0.4, 0.5) is 5.69 Å². The number of Topliss-reactive ketones (excluding diaryl/α,β-unsaturated/α-hetero) is 3. The van der Waals surface area contributed by atoms with Crippen molar-refractivity contribution in [2.24, 2.45) is 17.8 Å². The Morgan fingerprint density at radius 1 is 0.977 bits per heavy atom. The van der Waals surface area contributed by atoms with Crippen LogP contribution in [0.1, 0.15) is 58.9 Å². The predicted molar refractivity (Wildman–Crippen MR) is 161 cm³/mol. The number of ether oxygens (including phenoxy) is 1. The van der Waals surface area contributed by atoms with Gasteiger partial charge < -0.3 is 25.4 Å². The molecule has 0 spiro atoms. The topological polar surface area (TPSA) is 150 Å². The number of nitrogens with one attached hydrogen (secondary N) is 1. The first-order chi connectivity index (χ1) is 20.6. The first kappa shape index (κ1) is 31.6. The normalized spacial score (nSPS) is 15.7. The van der Waals surface area contributed by atoms with Gasteiger partial charge in [-0.15, -0.1) is 0 Å². The van der Waals surface area contributed by atoms with Crippen molar-refractivity contribution in [1.29, 1.82) is 0 Å². The number of amides is 1. The van der Waals surface area contributed by atoms with Crippen molar-refractivity contribution in [3.8, 4) is 22.6 Å². The Hall–Kier alpha value is -4.34. The molecule has 1 amide bonds. The smallest absolute Gasteiger partial charge is 0.255 e. The van der Waals surface area contributed by atoms with Gasteiger partial charge in [0.1, 0.15) is 23.1 Å². The van der Waals surface area contributed by atoms with E-state index in [2.05, 4.69) is 5.32 Å². The van der Waals surface area contributed by atoms with Gasteiger partial charge in [-0.3, -0.25) is 19.2 Å². The van der Waals surface area contributed by atoms with Crippen LogP contribution in [0.5, 0.6) is 11.5 Å². The van der Waals surface area contributed by atoms with Gasteiger partial charge in [-0.1, -0.05) is 18.2 Å². The van der Waals surface area contributed by atoms with Crippen LogP contribution in [0.25, 0.3) is 11.1 Å². The number of rotatable bonds is 13. The van der Waals surface area contributed by atoms with Crippen molar-refractivity contribution >= 4 is 28.9 Å². The van der Waals surface area contributed by atoms with Crippen molar-refractivity contribution in [3.63, 3.8) is 0 Å². The van der Waals surface area contributed by atoms with E-state index in [4.69, 9.17) is 4.74 Å². The zero-order chi connectivity index (χ0) is 31.1. The summed E-state index contributed by atoms with van der Waals surface area (Å²) in [4.78, 5) is 50.2. The highest BCUT2D eigenvalue weighted by Gasteiger charge is 2.35. The summed E-state index contributed by atoms with van der Waals surface area (Å²) < 4.78 is 5.14. The zero-order valence-corrected chi connectivity index (χ0v) is 24.3. The highest BCUT2D eigenvalue weighted by atomic mass is 16.5. The molecule has 0 saturated heterocycles. The molecule has 0 heterocycles. The SMILES string of the molecule is COc1ccc(C(=O)Nc2ccc(-c3ccc(O)c4c3CC(CC(CCO)C(CO)C(=O)CC(C)=O)CC4=O)cc2)cc1. The van der Waals surface area contributed by atoms with Crippen molar-refractivity contribution in [2.45, 2.75) is 39.0 Å². The number of aliphatic hydroxyl groups is 2. The minimum Gasteiger partial charge on any atom is -0.507 e. The van der Waals surface area contributed by atoms with Gasteiger partial charge in [0.05, 0.1) is 25.7 Å². The summed E-state index contributed by atoms with van der Waals surface area (Å²) in [6.07, 6.45) is 0.965. The van der Waals surface area contributed by atoms with E-state index in [1.54, 1.807) is 49.6 Å². The molecule has 0 bridgehead atoms. The molecule has 4 N–H and O–H groups in total. The minimum absolute atomic E-state index is 0.0950. The van der Waals surface area contributed by atoms with Crippen molar-refractivity contribution in [3.05, 3.63) is 77.4 Å². The van der Waals surface area contributed by atoms with E-state index in [-0.39, 0.29) is 66.4 Å². The van der Waals surface area contributed by atoms with Gasteiger partial charge in [0.25, 0.3) is 5.91 Å². The first-order valence-corrected chi connectivity index (χ1v) is 14.3. The molecular weight excluding hydrogens is 550 g/mol. The fourth-order valence-electron chi connectivity index (χ4n) is 5.97. The molecule has 9 nitrogen and oxygen atoms in total. The van der Waals surface area contributed by atoms with Crippen LogP contribution in [0, 0.1) is 17.8 Å². The number of anilines is 1. The van der Waals surface area contributed by atoms with Crippen LogP contribution in [0.3, 0.4) is 0 Å². The Balaban J connectivity index is 1.56. The maximum absolute atomic E-state index is 13.3. The van der Waals surface area contributed by atoms with Gasteiger partial charge in [0.2, 0.25) is 0 Å². The number of phenols is 1. The third-order valence-corrected chi connectivity index (χ3v) is 8.08. The van der Waals surface area contributed by atoms with Crippen molar-refractivity contribution in [1.82, 2.24) is 0 Å². The van der Waals surface area contributed by atoms with Crippen LogP contribution in [0.2, 0.25) is 0 Å². The number of methoxy groups -OCH3 is 1. The number of ketones is 3. The average Bonchev–Trinajstić information content (AvgIpc) is 2.98. The molecule has 3 aromatic rings. The number of carbonyl (C=O) groups excluding carboxylic acids is 4. The van der Waals surface area contributed by atoms with Crippen molar-refractivity contribution in [2.75, 3.05) is 25.6 Å². The Bertz CT molecular complexity index is 1480. The van der Waals surface area contributed by atoms with E-state index in [0.29, 0.717) is 35.4 Å². The standard InChI is InChI=1S/C34H37NO8/c1-20(38)15-31(40)29(19-37)24(13-14-36)16-21-17-28-27(11-12-30(39)33(28)32(41)18-21)22-3-7-25(8-4-22)35-34(42)23-5-9-26(43-2)10-6-23/h3-12,21,24,29,36-37,39H,13-19H2,1-2H3,(H,35,42). The Labute approximate surface area is 250 Å². The number of aromatic hydroxyl groups is 1. The van der Waals surface area contributed by atoms with Crippen LogP contribution < -0.4 is 10.1 Å². The maximum Gasteiger partial charge on any atom is 0.255 e. The van der Waals surface area contributed by atoms with Gasteiger partial charge in [0.15, 0.2) is 5.78 Å². The quantitative estimate of drug-likeness (QED) is 0.212. The molecule has 43 heavy (non-hydrogen) atoms. The highest BCUT2D eigenvalue weighted by molar-refractivity contribution is 6.05. The molecule has 3 unspecified atom stereocenters. The lowest BCUT2D eigenvalue weighted by molar-refractivity contribution is -0.131. The number of phenolic OH excluding ortho intramolecular Hbond substituents is 1. The highest BCUT2D eigenvalue weighted by Crippen LogP contribution is 2.41. The number of hydrogen-bond donors (Lipinski definition) is 4. The second-order valence-electron chi connectivity index (χ2n) is 11.1. The lowest BCUT2D eigenvalue weighted by Gasteiger charge is -2.31. The molecule has 3 aromatic carbocycles. The number of aliphatic hydroxyl groups excluding tert-OH is 2. The largest absolute Gasteiger partial charge is 0.507 e. The molecule has 0 aromatic heterocycles. The minimum atomic E-state index is -0.808. The molecule has 226 valence electrons. The van der Waals surface area contributed by atoms with E-state index in [0.717, 1.165) is 11.1 Å². The van der Waals surface area contributed by atoms with Gasteiger partial charge in [-0.05, 0) is 97.2 Å². The molecule has 4 rings (SSSR count). The third-order valence-electron chi connectivity index (χ3n) is 8.08. The monoisotopic (exact) mass is 587 g/mol. The van der Waals surface area contributed by atoms with E-state index >= 15 is 0 Å². The molecule has 1 aliphatic carbocycles. The summed E-state index contributed by atoms with van der Waals surface area (Å²) in [6.45, 7) is 0.681. The van der Waals surface area contributed by atoms with Gasteiger partial charge in [-0.25, -0.2) is 0 Å². The van der Waals surface area contributed by atoms with Gasteiger partial charge in [-0.2, -0.15) is 0 Å². The van der Waals surface area contributed by atoms with Crippen molar-refractivity contribution < 1.29 is 39.2 Å². The lowest BCUT2D eigenvalue weighted by Crippen LogP contribution is -2.32. The first-order valence-electron chi connectivity index (χ1n) is 14.3. The average molecular weight is 588 g/mol. The molecule has 1 aliphatic rings. The van der Waals surface area contributed by atoms with E-state index in [9.17, 15) is 34.5 Å². The lowest BCUT2D eigenvalue weighted by atomic mass is 9.72. The maximum atomic E-state index is 13.3. The Kier molecular flexibility index (Phi) is 10.4. The van der Waals surface area contributed by atoms with Crippen LogP contribution >= 0.6 is 0 Å². The molecule has 0 aliphatic heterocycles. The number of carbonyl (C=O) groups is 4. The van der Waals surface area contributed by atoms with Gasteiger partial charge in [0, 0.05) is 30.2 Å². The van der Waals surface area contributed by atoms with E-state index in [1.165, 1.54) is 13.0 Å². The summed E-state index contributed by atoms with van der Waals surface area (Å²) in [7, 11) is 1.56. The van der Waals surface area contributed by atoms with Gasteiger partial charge >= 0.3 is 0 Å². The third kappa shape index (κ3) is 7.55. The Morgan fingerprint density at radius 2 is 1.67 bits per heavy atom. The zero-order valence-electron chi connectivity index (χ0n) is 24.3. The van der Waals surface area contributed by atoms with Crippen LogP contribution in [-0.2, 0) is 16.0 Å². The van der Waals surface area contributed by atoms with E-state index < -0.39 is 18.4 Å². The molecule has 0 fully saturated rings. The molecule has 9 heteroatoms. The summed E-state index contributed by atoms with van der Waals surface area (Å²) in [5.41, 5.74) is 3.59. The summed E-state index contributed by atoms with van der Waals surface area (Å²) >= 11 is 0. The second kappa shape index (κ2) is 14.2. The molecule has 0 radical (unpaired) electrons. The molecule has 0 saturated carbocycles. The summed E-state index contributed by atoms with van der Waals surface area (Å²) in [5.74, 6) is -2.00. The fourth-order valence-corrected chi connectivity index (χ4v) is 5.97. The second-order valence-corrected chi connectivity index (χ2v) is 11.1. The Morgan fingerprint density at radius 3 is 2.28 bits per heavy atom. The number of benzene rings is 3. The summed E-state index contributed by atoms with van der Waals surface area (Å²) in [5, 5.41) is 33.1. The number of hydrogen-bond acceptors (Lipinski definition) is 8. The summed E-state index contributed by atoms with van der Waals surface area (Å²) in [6, 6.07) is 17.2. The molecule has 3 atom stereocenters.